The average Bonchev–Trinajstić information content (AvgIpc) is 2.28. The minimum atomic E-state index is -0.817. The van der Waals surface area contributed by atoms with Gasteiger partial charge in [-0.15, -0.1) is 0 Å². The normalized spacial score (nSPS) is 13.2. The molecule has 1 unspecified atom stereocenters. The molecule has 0 saturated carbocycles. The summed E-state index contributed by atoms with van der Waals surface area (Å²) in [6, 6.07) is 5.92. The van der Waals surface area contributed by atoms with Crippen LogP contribution < -0.4 is 0 Å². The molecule has 0 saturated heterocycles. The van der Waals surface area contributed by atoms with E-state index in [0.717, 1.165) is 0 Å². The van der Waals surface area contributed by atoms with Gasteiger partial charge in [-0.25, -0.2) is 4.99 Å². The third kappa shape index (κ3) is 3.29. The van der Waals surface area contributed by atoms with E-state index in [-0.39, 0.29) is 17.9 Å². The number of nitro benzene ring substituents is 1. The Balaban J connectivity index is 3.17. The van der Waals surface area contributed by atoms with Crippen LogP contribution in [-0.4, -0.2) is 15.9 Å². The zero-order chi connectivity index (χ0) is 13.8. The maximum absolute atomic E-state index is 11.3. The first-order valence-corrected chi connectivity index (χ1v) is 5.63. The topological polar surface area (TPSA) is 72.6 Å². The molecular weight excluding hydrogens is 252 g/mol. The van der Waals surface area contributed by atoms with Crippen molar-refractivity contribution in [3.63, 3.8) is 0 Å². The predicted molar refractivity (Wildman–Crippen MR) is 70.8 cm³/mol. The van der Waals surface area contributed by atoms with E-state index in [1.165, 1.54) is 19.1 Å². The first-order valence-electron chi connectivity index (χ1n) is 5.22. The van der Waals surface area contributed by atoms with E-state index >= 15 is 0 Å². The lowest BCUT2D eigenvalue weighted by atomic mass is 9.88. The molecular formula is C12H12N2O3S. The van der Waals surface area contributed by atoms with Gasteiger partial charge in [0.2, 0.25) is 0 Å². The van der Waals surface area contributed by atoms with Crippen LogP contribution >= 0.6 is 12.2 Å². The lowest BCUT2D eigenvalue weighted by Gasteiger charge is -2.22. The minimum absolute atomic E-state index is 0.00439. The second-order valence-electron chi connectivity index (χ2n) is 4.16. The molecule has 0 spiro atoms. The molecule has 0 amide bonds. The fourth-order valence-corrected chi connectivity index (χ4v) is 1.94. The summed E-state index contributed by atoms with van der Waals surface area (Å²) in [4.78, 5) is 25.4. The highest BCUT2D eigenvalue weighted by Crippen LogP contribution is 2.30. The maximum atomic E-state index is 11.3. The van der Waals surface area contributed by atoms with Crippen LogP contribution in [0.4, 0.5) is 5.69 Å². The number of isothiocyanates is 1. The van der Waals surface area contributed by atoms with Gasteiger partial charge in [-0.3, -0.25) is 14.9 Å². The number of hydrogen-bond donors (Lipinski definition) is 0. The van der Waals surface area contributed by atoms with Crippen molar-refractivity contribution in [3.05, 3.63) is 39.9 Å². The summed E-state index contributed by atoms with van der Waals surface area (Å²) in [6.45, 7) is 3.21. The number of aliphatic imine (C=N–C) groups is 1. The van der Waals surface area contributed by atoms with Gasteiger partial charge in [0.25, 0.3) is 5.69 Å². The highest BCUT2D eigenvalue weighted by atomic mass is 32.1. The molecule has 94 valence electrons. The highest BCUT2D eigenvalue weighted by molar-refractivity contribution is 7.78. The first-order chi connectivity index (χ1) is 8.39. The number of nitrogens with zero attached hydrogens (tertiary/aromatic N) is 2. The minimum Gasteiger partial charge on any atom is -0.300 e. The van der Waals surface area contributed by atoms with Crippen molar-refractivity contribution >= 4 is 28.8 Å². The molecule has 1 aromatic rings. The van der Waals surface area contributed by atoms with Crippen LogP contribution in [0.3, 0.4) is 0 Å². The Kier molecular flexibility index (Phi) is 4.42. The largest absolute Gasteiger partial charge is 0.300 e. The van der Waals surface area contributed by atoms with Crippen molar-refractivity contribution in [2.45, 2.75) is 25.8 Å². The van der Waals surface area contributed by atoms with Crippen LogP contribution in [0.2, 0.25) is 0 Å². The van der Waals surface area contributed by atoms with Gasteiger partial charge in [-0.2, -0.15) is 0 Å². The van der Waals surface area contributed by atoms with Crippen molar-refractivity contribution < 1.29 is 9.72 Å². The van der Waals surface area contributed by atoms with E-state index in [1.54, 1.807) is 19.1 Å². The molecule has 1 rings (SSSR count). The summed E-state index contributed by atoms with van der Waals surface area (Å²) < 4.78 is 0. The van der Waals surface area contributed by atoms with Crippen LogP contribution in [0.5, 0.6) is 0 Å². The van der Waals surface area contributed by atoms with Crippen LogP contribution in [-0.2, 0) is 10.3 Å². The Hall–Kier alpha value is -1.91. The molecule has 1 atom stereocenters. The molecule has 0 aliphatic carbocycles. The van der Waals surface area contributed by atoms with Crippen LogP contribution in [0.25, 0.3) is 0 Å². The van der Waals surface area contributed by atoms with E-state index < -0.39 is 10.5 Å². The van der Waals surface area contributed by atoms with E-state index in [4.69, 9.17) is 0 Å². The Morgan fingerprint density at radius 3 is 2.44 bits per heavy atom. The van der Waals surface area contributed by atoms with Gasteiger partial charge >= 0.3 is 0 Å². The molecule has 0 heterocycles. The standard InChI is InChI=1S/C12H12N2O3S/c1-9(15)7-12(2,13-8-18)10-3-5-11(6-4-10)14(16)17/h3-6H,7H2,1-2H3. The number of carbonyl (C=O) groups is 1. The fraction of sp³-hybridized carbons (Fsp3) is 0.333. The molecule has 0 fully saturated rings. The average molecular weight is 264 g/mol. The Morgan fingerprint density at radius 1 is 1.50 bits per heavy atom. The maximum Gasteiger partial charge on any atom is 0.269 e. The summed E-state index contributed by atoms with van der Waals surface area (Å²) >= 11 is 4.58. The number of rotatable bonds is 5. The molecule has 0 bridgehead atoms. The molecule has 0 aliphatic heterocycles. The number of ketones is 1. The van der Waals surface area contributed by atoms with Crippen molar-refractivity contribution in [2.75, 3.05) is 0 Å². The number of thiocarbonyl (C=S) groups is 1. The van der Waals surface area contributed by atoms with Gasteiger partial charge in [0, 0.05) is 18.6 Å². The van der Waals surface area contributed by atoms with Gasteiger partial charge in [-0.05, 0) is 43.8 Å². The second-order valence-corrected chi connectivity index (χ2v) is 4.34. The molecule has 0 aliphatic rings. The van der Waals surface area contributed by atoms with Crippen molar-refractivity contribution in [2.24, 2.45) is 4.99 Å². The Morgan fingerprint density at radius 2 is 2.06 bits per heavy atom. The predicted octanol–water partition coefficient (Wildman–Crippen LogP) is 2.89. The van der Waals surface area contributed by atoms with Gasteiger partial charge in [0.15, 0.2) is 0 Å². The zero-order valence-corrected chi connectivity index (χ0v) is 10.9. The lowest BCUT2D eigenvalue weighted by molar-refractivity contribution is -0.384. The van der Waals surface area contributed by atoms with Gasteiger partial charge in [0.05, 0.1) is 15.6 Å². The molecule has 1 aromatic carbocycles. The third-order valence-corrected chi connectivity index (χ3v) is 2.68. The number of nitro groups is 1. The van der Waals surface area contributed by atoms with Crippen molar-refractivity contribution in [1.82, 2.24) is 0 Å². The van der Waals surface area contributed by atoms with Crippen LogP contribution in [0.1, 0.15) is 25.8 Å². The van der Waals surface area contributed by atoms with Crippen LogP contribution in [0.15, 0.2) is 29.3 Å². The molecule has 5 nitrogen and oxygen atoms in total. The fourth-order valence-electron chi connectivity index (χ4n) is 1.73. The highest BCUT2D eigenvalue weighted by Gasteiger charge is 2.28. The van der Waals surface area contributed by atoms with E-state index in [1.807, 2.05) is 0 Å². The second kappa shape index (κ2) is 5.62. The Labute approximate surface area is 110 Å². The molecule has 6 heteroatoms. The summed E-state index contributed by atoms with van der Waals surface area (Å²) in [5.41, 5.74) is -0.126. The Bertz CT molecular complexity index is 521. The number of hydrogen-bond acceptors (Lipinski definition) is 5. The smallest absolute Gasteiger partial charge is 0.269 e. The van der Waals surface area contributed by atoms with Gasteiger partial charge in [0.1, 0.15) is 5.78 Å². The summed E-state index contributed by atoms with van der Waals surface area (Å²) in [5, 5.41) is 12.8. The monoisotopic (exact) mass is 264 g/mol. The summed E-state index contributed by atoms with van der Waals surface area (Å²) in [7, 11) is 0. The van der Waals surface area contributed by atoms with Crippen molar-refractivity contribution in [3.8, 4) is 0 Å². The third-order valence-electron chi connectivity index (χ3n) is 2.59. The molecule has 0 aromatic heterocycles. The number of non-ortho nitro benzene ring substituents is 1. The van der Waals surface area contributed by atoms with Gasteiger partial charge < -0.3 is 0 Å². The van der Waals surface area contributed by atoms with E-state index in [9.17, 15) is 14.9 Å². The lowest BCUT2D eigenvalue weighted by Crippen LogP contribution is -2.22. The van der Waals surface area contributed by atoms with Crippen LogP contribution in [0, 0.1) is 10.1 Å². The van der Waals surface area contributed by atoms with E-state index in [0.29, 0.717) is 5.56 Å². The summed E-state index contributed by atoms with van der Waals surface area (Å²) in [6.07, 6.45) is 0.175. The molecule has 0 radical (unpaired) electrons. The van der Waals surface area contributed by atoms with Crippen molar-refractivity contribution in [1.29, 1.82) is 0 Å². The first kappa shape index (κ1) is 14.2. The molecule has 18 heavy (non-hydrogen) atoms. The quantitative estimate of drug-likeness (QED) is 0.355. The zero-order valence-electron chi connectivity index (χ0n) is 10.0. The SMILES string of the molecule is CC(=O)CC(C)(N=C=S)c1ccc([N+](=O)[O-])cc1. The number of Topliss-reactive ketones (excluding diaryl/α,β-unsaturated/α-hetero) is 1. The summed E-state index contributed by atoms with van der Waals surface area (Å²) in [5.74, 6) is -0.0372. The van der Waals surface area contributed by atoms with E-state index in [2.05, 4.69) is 22.4 Å². The molecule has 0 N–H and O–H groups in total. The van der Waals surface area contributed by atoms with Gasteiger partial charge in [-0.1, -0.05) is 0 Å². The number of carbonyl (C=O) groups excluding carboxylic acids is 1. The number of benzene rings is 1.